The quantitative estimate of drug-likeness (QED) is 0.860. The first-order valence-electron chi connectivity index (χ1n) is 7.71. The Morgan fingerprint density at radius 1 is 1.38 bits per heavy atom. The van der Waals surface area contributed by atoms with Crippen molar-refractivity contribution in [1.29, 1.82) is 0 Å². The van der Waals surface area contributed by atoms with Crippen LogP contribution < -0.4 is 0 Å². The summed E-state index contributed by atoms with van der Waals surface area (Å²) in [7, 11) is 0. The maximum absolute atomic E-state index is 11.3. The van der Waals surface area contributed by atoms with E-state index in [0.29, 0.717) is 0 Å². The van der Waals surface area contributed by atoms with Gasteiger partial charge in [-0.3, -0.25) is 0 Å². The fourth-order valence-electron chi connectivity index (χ4n) is 3.54. The fourth-order valence-corrected chi connectivity index (χ4v) is 3.54. The number of aromatic nitrogens is 1. The zero-order chi connectivity index (χ0) is 15.0. The molecule has 0 spiro atoms. The van der Waals surface area contributed by atoms with Gasteiger partial charge in [-0.2, -0.15) is 0 Å². The number of benzene rings is 1. The molecule has 1 heterocycles. The highest BCUT2D eigenvalue weighted by Gasteiger charge is 2.35. The van der Waals surface area contributed by atoms with Crippen molar-refractivity contribution < 1.29 is 5.11 Å². The monoisotopic (exact) mass is 281 g/mol. The summed E-state index contributed by atoms with van der Waals surface area (Å²) in [6, 6.07) is 4.30. The molecule has 0 amide bonds. The molecular formula is C19H23NO. The highest BCUT2D eigenvalue weighted by Crippen LogP contribution is 2.40. The first kappa shape index (κ1) is 14.2. The van der Waals surface area contributed by atoms with Crippen molar-refractivity contribution in [2.45, 2.75) is 39.2 Å². The van der Waals surface area contributed by atoms with Crippen LogP contribution in [0.4, 0.5) is 0 Å². The second-order valence-corrected chi connectivity index (χ2v) is 6.15. The maximum Gasteiger partial charge on any atom is 0.0943 e. The van der Waals surface area contributed by atoms with E-state index in [1.165, 1.54) is 11.1 Å². The van der Waals surface area contributed by atoms with E-state index < -0.39 is 5.60 Å². The maximum atomic E-state index is 11.3. The molecule has 110 valence electrons. The largest absolute Gasteiger partial charge is 0.385 e. The van der Waals surface area contributed by atoms with Gasteiger partial charge in [-0.15, -0.1) is 0 Å². The van der Waals surface area contributed by atoms with Gasteiger partial charge >= 0.3 is 0 Å². The summed E-state index contributed by atoms with van der Waals surface area (Å²) in [6.07, 6.45) is 12.1. The molecule has 1 aliphatic carbocycles. The van der Waals surface area contributed by atoms with Crippen molar-refractivity contribution in [3.8, 4) is 0 Å². The predicted octanol–water partition coefficient (Wildman–Crippen LogP) is 4.38. The number of rotatable bonds is 3. The Kier molecular flexibility index (Phi) is 3.50. The molecule has 2 aromatic rings. The van der Waals surface area contributed by atoms with E-state index >= 15 is 0 Å². The van der Waals surface area contributed by atoms with Gasteiger partial charge in [0, 0.05) is 23.0 Å². The number of hydrogen-bond acceptors (Lipinski definition) is 1. The molecule has 2 unspecified atom stereocenters. The Hall–Kier alpha value is -1.80. The van der Waals surface area contributed by atoms with Crippen molar-refractivity contribution in [2.24, 2.45) is 5.92 Å². The predicted molar refractivity (Wildman–Crippen MR) is 88.4 cm³/mol. The van der Waals surface area contributed by atoms with E-state index in [-0.39, 0.29) is 5.92 Å². The highest BCUT2D eigenvalue weighted by molar-refractivity contribution is 5.88. The lowest BCUT2D eigenvalue weighted by molar-refractivity contribution is 0.0148. The Bertz CT molecular complexity index is 718. The summed E-state index contributed by atoms with van der Waals surface area (Å²) >= 11 is 0. The second-order valence-electron chi connectivity index (χ2n) is 6.15. The zero-order valence-corrected chi connectivity index (χ0v) is 13.0. The van der Waals surface area contributed by atoms with E-state index in [9.17, 15) is 5.11 Å². The van der Waals surface area contributed by atoms with Crippen LogP contribution in [-0.2, 0) is 12.0 Å². The van der Waals surface area contributed by atoms with Crippen molar-refractivity contribution in [3.63, 3.8) is 0 Å². The molecular weight excluding hydrogens is 258 g/mol. The molecule has 0 radical (unpaired) electrons. The Morgan fingerprint density at radius 2 is 2.19 bits per heavy atom. The summed E-state index contributed by atoms with van der Waals surface area (Å²) in [5, 5.41) is 12.5. The van der Waals surface area contributed by atoms with Gasteiger partial charge in [0.05, 0.1) is 5.60 Å². The summed E-state index contributed by atoms with van der Waals surface area (Å²) in [6.45, 7) is 6.24. The Balaban J connectivity index is 2.22. The van der Waals surface area contributed by atoms with Crippen LogP contribution in [-0.4, -0.2) is 10.1 Å². The lowest BCUT2D eigenvalue weighted by atomic mass is 9.75. The average molecular weight is 281 g/mol. The lowest BCUT2D eigenvalue weighted by Crippen LogP contribution is -2.32. The van der Waals surface area contributed by atoms with E-state index in [2.05, 4.69) is 43.1 Å². The first-order chi connectivity index (χ1) is 10.1. The molecule has 2 heteroatoms. The van der Waals surface area contributed by atoms with Crippen LogP contribution in [0, 0.1) is 12.8 Å². The Labute approximate surface area is 126 Å². The Morgan fingerprint density at radius 3 is 2.86 bits per heavy atom. The minimum atomic E-state index is -0.860. The third kappa shape index (κ3) is 2.24. The number of hydrogen-bond donors (Lipinski definition) is 2. The fraction of sp³-hybridized carbons (Fsp3) is 0.368. The second kappa shape index (κ2) is 5.19. The molecule has 2 nitrogen and oxygen atoms in total. The standard InChI is InChI=1S/C19H23NO/c1-4-14-12-13(2)18-16(10-11-20-18)17(14)19(3,21)15-8-6-5-7-9-15/h5-8,10-12,15,20-21H,4,9H2,1-3H3. The molecule has 2 atom stereocenters. The molecule has 2 N–H and O–H groups in total. The van der Waals surface area contributed by atoms with Crippen LogP contribution in [0.2, 0.25) is 0 Å². The molecule has 0 fully saturated rings. The van der Waals surface area contributed by atoms with E-state index in [0.717, 1.165) is 29.3 Å². The van der Waals surface area contributed by atoms with E-state index in [1.54, 1.807) is 0 Å². The van der Waals surface area contributed by atoms with Crippen molar-refractivity contribution >= 4 is 10.9 Å². The van der Waals surface area contributed by atoms with Crippen LogP contribution in [0.5, 0.6) is 0 Å². The van der Waals surface area contributed by atoms with Gasteiger partial charge in [0.15, 0.2) is 0 Å². The zero-order valence-electron chi connectivity index (χ0n) is 13.0. The minimum Gasteiger partial charge on any atom is -0.385 e. The van der Waals surface area contributed by atoms with Crippen LogP contribution in [0.1, 0.15) is 37.0 Å². The topological polar surface area (TPSA) is 36.0 Å². The lowest BCUT2D eigenvalue weighted by Gasteiger charge is -2.34. The highest BCUT2D eigenvalue weighted by atomic mass is 16.3. The van der Waals surface area contributed by atoms with Gasteiger partial charge in [0.2, 0.25) is 0 Å². The normalized spacial score (nSPS) is 20.9. The number of aryl methyl sites for hydroxylation is 2. The number of H-pyrrole nitrogens is 1. The molecule has 0 aliphatic heterocycles. The van der Waals surface area contributed by atoms with Gasteiger partial charge in [-0.05, 0) is 49.4 Å². The third-order valence-corrected chi connectivity index (χ3v) is 4.71. The van der Waals surface area contributed by atoms with Crippen molar-refractivity contribution in [2.75, 3.05) is 0 Å². The average Bonchev–Trinajstić information content (AvgIpc) is 2.97. The number of aromatic amines is 1. The van der Waals surface area contributed by atoms with Gasteiger partial charge < -0.3 is 10.1 Å². The third-order valence-electron chi connectivity index (χ3n) is 4.71. The molecule has 1 aromatic carbocycles. The summed E-state index contributed by atoms with van der Waals surface area (Å²) in [5.74, 6) is 0.119. The van der Waals surface area contributed by atoms with Crippen LogP contribution in [0.15, 0.2) is 42.6 Å². The molecule has 1 aromatic heterocycles. The van der Waals surface area contributed by atoms with E-state index in [4.69, 9.17) is 0 Å². The molecule has 3 rings (SSSR count). The van der Waals surface area contributed by atoms with Crippen molar-refractivity contribution in [3.05, 3.63) is 59.3 Å². The van der Waals surface area contributed by atoms with Crippen LogP contribution in [0.3, 0.4) is 0 Å². The molecule has 0 saturated carbocycles. The van der Waals surface area contributed by atoms with Gasteiger partial charge in [-0.1, -0.05) is 37.3 Å². The van der Waals surface area contributed by atoms with Gasteiger partial charge in [0.25, 0.3) is 0 Å². The van der Waals surface area contributed by atoms with Crippen LogP contribution >= 0.6 is 0 Å². The summed E-state index contributed by atoms with van der Waals surface area (Å²) < 4.78 is 0. The SMILES string of the molecule is CCc1cc(C)c2[nH]ccc2c1C(C)(O)C1C=CC=CC1. The number of fused-ring (bicyclic) bond motifs is 1. The summed E-state index contributed by atoms with van der Waals surface area (Å²) in [5.41, 5.74) is 3.84. The number of aliphatic hydroxyl groups is 1. The number of nitrogens with one attached hydrogen (secondary N) is 1. The van der Waals surface area contributed by atoms with Gasteiger partial charge in [0.1, 0.15) is 0 Å². The minimum absolute atomic E-state index is 0.119. The number of allylic oxidation sites excluding steroid dienone is 3. The summed E-state index contributed by atoms with van der Waals surface area (Å²) in [4.78, 5) is 3.31. The van der Waals surface area contributed by atoms with Gasteiger partial charge in [-0.25, -0.2) is 0 Å². The molecule has 1 aliphatic rings. The van der Waals surface area contributed by atoms with Crippen LogP contribution in [0.25, 0.3) is 10.9 Å². The van der Waals surface area contributed by atoms with Crippen molar-refractivity contribution in [1.82, 2.24) is 4.98 Å². The first-order valence-corrected chi connectivity index (χ1v) is 7.71. The smallest absolute Gasteiger partial charge is 0.0943 e. The molecule has 0 bridgehead atoms. The van der Waals surface area contributed by atoms with E-state index in [1.807, 2.05) is 25.3 Å². The molecule has 21 heavy (non-hydrogen) atoms. The molecule has 0 saturated heterocycles.